The van der Waals surface area contributed by atoms with Gasteiger partial charge in [0.2, 0.25) is 0 Å². The van der Waals surface area contributed by atoms with E-state index in [0.29, 0.717) is 43.4 Å². The average Bonchev–Trinajstić information content (AvgIpc) is 3.38. The zero-order valence-corrected chi connectivity index (χ0v) is 26.1. The average molecular weight is 584 g/mol. The van der Waals surface area contributed by atoms with Crippen molar-refractivity contribution in [3.05, 3.63) is 70.5 Å². The first kappa shape index (κ1) is 27.1. The molecule has 2 aromatic rings. The molecule has 3 fully saturated rings. The molecular weight excluding hydrogens is 538 g/mol. The van der Waals surface area contributed by atoms with Crippen LogP contribution in [0.15, 0.2) is 48.1 Å². The van der Waals surface area contributed by atoms with E-state index in [2.05, 4.69) is 58.0 Å². The number of aromatic amines is 1. The van der Waals surface area contributed by atoms with Gasteiger partial charge in [-0.05, 0) is 111 Å². The Balaban J connectivity index is 1.29. The van der Waals surface area contributed by atoms with Crippen LogP contribution in [-0.4, -0.2) is 55.4 Å². The quantitative estimate of drug-likeness (QED) is 0.318. The summed E-state index contributed by atoms with van der Waals surface area (Å²) in [5.41, 5.74) is 4.36. The van der Waals surface area contributed by atoms with Gasteiger partial charge in [-0.3, -0.25) is 0 Å². The van der Waals surface area contributed by atoms with E-state index in [9.17, 15) is 15.3 Å². The molecular formula is C37H45NO5. The highest BCUT2D eigenvalue weighted by Gasteiger charge is 2.78. The van der Waals surface area contributed by atoms with E-state index in [0.717, 1.165) is 40.8 Å². The first-order valence-corrected chi connectivity index (χ1v) is 16.4. The van der Waals surface area contributed by atoms with Crippen LogP contribution in [0.3, 0.4) is 0 Å². The van der Waals surface area contributed by atoms with Gasteiger partial charge in [-0.25, -0.2) is 0 Å². The van der Waals surface area contributed by atoms with Crippen molar-refractivity contribution in [2.45, 2.75) is 126 Å². The molecule has 0 unspecified atom stereocenters. The van der Waals surface area contributed by atoms with Gasteiger partial charge in [0.25, 0.3) is 0 Å². The van der Waals surface area contributed by atoms with Gasteiger partial charge in [0.05, 0.1) is 17.3 Å². The Morgan fingerprint density at radius 2 is 1.84 bits per heavy atom. The van der Waals surface area contributed by atoms with Crippen LogP contribution in [0, 0.1) is 17.3 Å². The fourth-order valence-corrected chi connectivity index (χ4v) is 11.7. The van der Waals surface area contributed by atoms with Gasteiger partial charge in [0.15, 0.2) is 0 Å². The largest absolute Gasteiger partial charge is 0.386 e. The molecule has 43 heavy (non-hydrogen) atoms. The Bertz CT molecular complexity index is 1700. The van der Waals surface area contributed by atoms with E-state index in [4.69, 9.17) is 9.47 Å². The number of hydrogen-bond acceptors (Lipinski definition) is 5. The van der Waals surface area contributed by atoms with Crippen molar-refractivity contribution in [1.29, 1.82) is 0 Å². The number of aliphatic hydroxyl groups excluding tert-OH is 1. The van der Waals surface area contributed by atoms with Crippen molar-refractivity contribution in [1.82, 2.24) is 4.98 Å². The van der Waals surface area contributed by atoms with Gasteiger partial charge in [0, 0.05) is 33.0 Å². The lowest BCUT2D eigenvalue weighted by molar-refractivity contribution is -0.275. The van der Waals surface area contributed by atoms with Crippen LogP contribution >= 0.6 is 0 Å². The SMILES string of the molecule is C=C1Cc2ccc3[nH]c4c5c3c2[C@H]2[C@@H]1C[C@@H]2C(C)(C)O[C@H]5[C@]1(O)CC[C@@]2(O)C3=C[C@@H](O)[C@@H](C(=C)C)O[C@H]3CC[C@]2(C)[C@@]41C. The molecule has 2 aliphatic heterocycles. The third-order valence-corrected chi connectivity index (χ3v) is 14.2. The standard InChI is InChI=1S/C37H45NO5/c1-17(2)30-24(39)16-21-25(42-30)10-11-34(6)35(7)31-29-28-23(38-31)9-8-19-14-18(3)20-15-22(27(20)26(19)28)33(4,5)43-32(29)37(35,41)13-12-36(21,34)40/h8-9,16,20,22,24-25,27,30,32,38-41H,1,3,10-15H2,2,4-7H3/t20-,22+,24-,25+,27+,30-,32-,34-,35-,36-,37-/m1/s1. The number of H-pyrrole nitrogens is 1. The van der Waals surface area contributed by atoms with E-state index in [-0.39, 0.29) is 6.10 Å². The molecule has 1 aromatic carbocycles. The maximum atomic E-state index is 13.2. The zero-order valence-electron chi connectivity index (χ0n) is 26.1. The summed E-state index contributed by atoms with van der Waals surface area (Å²) in [5.74, 6) is 1.19. The van der Waals surface area contributed by atoms with E-state index in [1.807, 2.05) is 13.0 Å². The van der Waals surface area contributed by atoms with Gasteiger partial charge in [-0.2, -0.15) is 0 Å². The van der Waals surface area contributed by atoms with Crippen LogP contribution < -0.4 is 0 Å². The predicted molar refractivity (Wildman–Crippen MR) is 165 cm³/mol. The molecule has 228 valence electrons. The Morgan fingerprint density at radius 1 is 1.07 bits per heavy atom. The highest BCUT2D eigenvalue weighted by molar-refractivity contribution is 5.93. The van der Waals surface area contributed by atoms with Gasteiger partial charge < -0.3 is 29.8 Å². The number of rotatable bonds is 1. The van der Waals surface area contributed by atoms with Crippen LogP contribution in [0.2, 0.25) is 0 Å². The second-order valence-corrected chi connectivity index (χ2v) is 16.2. The maximum absolute atomic E-state index is 13.2. The lowest BCUT2D eigenvalue weighted by Gasteiger charge is -2.67. The number of benzene rings is 1. The Morgan fingerprint density at radius 3 is 2.58 bits per heavy atom. The van der Waals surface area contributed by atoms with Crippen molar-refractivity contribution < 1.29 is 24.8 Å². The third kappa shape index (κ3) is 2.75. The number of hydrogen-bond donors (Lipinski definition) is 4. The van der Waals surface area contributed by atoms with Crippen molar-refractivity contribution in [3.63, 3.8) is 0 Å². The summed E-state index contributed by atoms with van der Waals surface area (Å²) in [4.78, 5) is 3.86. The Hall–Kier alpha value is -2.22. The summed E-state index contributed by atoms with van der Waals surface area (Å²) in [7, 11) is 0. The summed E-state index contributed by atoms with van der Waals surface area (Å²) in [5, 5.41) is 38.5. The highest BCUT2D eigenvalue weighted by atomic mass is 16.5. The molecule has 0 amide bonds. The molecule has 9 rings (SSSR count). The lowest BCUT2D eigenvalue weighted by atomic mass is 9.41. The van der Waals surface area contributed by atoms with E-state index in [1.165, 1.54) is 22.1 Å². The van der Waals surface area contributed by atoms with Crippen molar-refractivity contribution >= 4 is 10.9 Å². The minimum absolute atomic E-state index is 0.290. The minimum atomic E-state index is -1.27. The number of allylic oxidation sites excluding steroid dienone is 1. The Labute approximate surface area is 253 Å². The summed E-state index contributed by atoms with van der Waals surface area (Å²) in [6, 6.07) is 4.49. The second kappa shape index (κ2) is 7.76. The highest BCUT2D eigenvalue weighted by Crippen LogP contribution is 2.75. The smallest absolute Gasteiger partial charge is 0.115 e. The fourth-order valence-electron chi connectivity index (χ4n) is 11.7. The van der Waals surface area contributed by atoms with Crippen LogP contribution in [0.5, 0.6) is 0 Å². The lowest BCUT2D eigenvalue weighted by Crippen LogP contribution is -2.73. The topological polar surface area (TPSA) is 94.9 Å². The number of aromatic nitrogens is 1. The van der Waals surface area contributed by atoms with Gasteiger partial charge in [-0.1, -0.05) is 38.6 Å². The summed E-state index contributed by atoms with van der Waals surface area (Å²) in [6.07, 6.45) is 3.79. The fraction of sp³-hybridized carbons (Fsp3) is 0.622. The van der Waals surface area contributed by atoms with E-state index >= 15 is 0 Å². The number of fused-ring (bicyclic) bond motifs is 7. The molecule has 6 nitrogen and oxygen atoms in total. The monoisotopic (exact) mass is 583 g/mol. The molecule has 0 spiro atoms. The molecule has 7 aliphatic rings. The van der Waals surface area contributed by atoms with Crippen LogP contribution in [0.25, 0.3) is 10.9 Å². The molecule has 6 heteroatoms. The van der Waals surface area contributed by atoms with Gasteiger partial charge >= 0.3 is 0 Å². The molecule has 3 saturated carbocycles. The first-order chi connectivity index (χ1) is 20.2. The summed E-state index contributed by atoms with van der Waals surface area (Å²) < 4.78 is 13.7. The number of ether oxygens (including phenoxy) is 2. The summed E-state index contributed by atoms with van der Waals surface area (Å²) in [6.45, 7) is 19.2. The van der Waals surface area contributed by atoms with Crippen molar-refractivity contribution in [3.8, 4) is 0 Å². The molecule has 3 heterocycles. The normalized spacial score (nSPS) is 48.3. The van der Waals surface area contributed by atoms with Crippen LogP contribution in [0.1, 0.15) is 101 Å². The number of nitrogens with one attached hydrogen (secondary N) is 1. The predicted octanol–water partition coefficient (Wildman–Crippen LogP) is 5.81. The van der Waals surface area contributed by atoms with E-state index in [1.54, 1.807) is 0 Å². The molecule has 4 N–H and O–H groups in total. The molecule has 11 atom stereocenters. The molecule has 0 saturated heterocycles. The molecule has 0 radical (unpaired) electrons. The van der Waals surface area contributed by atoms with Gasteiger partial charge in [-0.15, -0.1) is 0 Å². The maximum Gasteiger partial charge on any atom is 0.115 e. The second-order valence-electron chi connectivity index (χ2n) is 16.2. The van der Waals surface area contributed by atoms with Crippen molar-refractivity contribution in [2.24, 2.45) is 17.3 Å². The molecule has 1 aromatic heterocycles. The van der Waals surface area contributed by atoms with Crippen LogP contribution in [0.4, 0.5) is 0 Å². The zero-order chi connectivity index (χ0) is 30.2. The van der Waals surface area contributed by atoms with Crippen molar-refractivity contribution in [2.75, 3.05) is 0 Å². The van der Waals surface area contributed by atoms with E-state index < -0.39 is 45.9 Å². The molecule has 5 aliphatic carbocycles. The van der Waals surface area contributed by atoms with Gasteiger partial charge in [0.1, 0.15) is 23.9 Å². The molecule has 0 bridgehead atoms. The minimum Gasteiger partial charge on any atom is -0.386 e. The third-order valence-electron chi connectivity index (χ3n) is 14.2. The Kier molecular flexibility index (Phi) is 4.90. The number of aliphatic hydroxyl groups is 3. The van der Waals surface area contributed by atoms with Crippen LogP contribution in [-0.2, 0) is 21.3 Å². The summed E-state index contributed by atoms with van der Waals surface area (Å²) >= 11 is 0. The first-order valence-electron chi connectivity index (χ1n) is 16.4.